The molecule has 6 nitrogen and oxygen atoms in total. The van der Waals surface area contributed by atoms with E-state index in [1.807, 2.05) is 0 Å². The molecule has 0 radical (unpaired) electrons. The van der Waals surface area contributed by atoms with Gasteiger partial charge in [0, 0.05) is 19.3 Å². The van der Waals surface area contributed by atoms with Gasteiger partial charge in [-0.25, -0.2) is 0 Å². The molecule has 0 amide bonds. The van der Waals surface area contributed by atoms with Gasteiger partial charge in [-0.2, -0.15) is 0 Å². The van der Waals surface area contributed by atoms with Crippen LogP contribution in [-0.2, 0) is 28.6 Å². The maximum atomic E-state index is 12.7. The maximum Gasteiger partial charge on any atom is 0.306 e. The van der Waals surface area contributed by atoms with Gasteiger partial charge >= 0.3 is 17.9 Å². The first-order valence-corrected chi connectivity index (χ1v) is 24.7. The van der Waals surface area contributed by atoms with Crippen molar-refractivity contribution in [2.24, 2.45) is 0 Å². The summed E-state index contributed by atoms with van der Waals surface area (Å²) < 4.78 is 16.8. The second-order valence-corrected chi connectivity index (χ2v) is 16.7. The van der Waals surface area contributed by atoms with Crippen molar-refractivity contribution >= 4 is 17.9 Å². The van der Waals surface area contributed by atoms with E-state index >= 15 is 0 Å². The van der Waals surface area contributed by atoms with Crippen LogP contribution in [0.3, 0.4) is 0 Å². The van der Waals surface area contributed by atoms with Crippen LogP contribution >= 0.6 is 0 Å². The summed E-state index contributed by atoms with van der Waals surface area (Å²) in [7, 11) is 0. The molecular weight excluding hydrogens is 697 g/mol. The standard InChI is InChI=1S/C50H94O6/c1-4-7-10-13-16-19-22-24-26-29-31-34-37-40-43-49(52)55-46-47(56-50(53)44-41-38-35-32-27-21-18-15-12-9-6-3)45-54-48(51)42-39-36-33-30-28-25-23-20-17-14-11-8-5-2/h22,24,47H,4-21,23,25-46H2,1-3H3/b24-22-/t47-/m1/s1. The molecule has 1 atom stereocenters. The molecule has 56 heavy (non-hydrogen) atoms. The molecule has 0 spiro atoms. The summed E-state index contributed by atoms with van der Waals surface area (Å²) in [5.41, 5.74) is 0. The van der Waals surface area contributed by atoms with E-state index < -0.39 is 6.10 Å². The van der Waals surface area contributed by atoms with Crippen LogP contribution in [0.4, 0.5) is 0 Å². The Hall–Kier alpha value is -1.85. The van der Waals surface area contributed by atoms with E-state index in [4.69, 9.17) is 14.2 Å². The Balaban J connectivity index is 4.33. The monoisotopic (exact) mass is 791 g/mol. The van der Waals surface area contributed by atoms with E-state index in [2.05, 4.69) is 32.9 Å². The molecular formula is C50H94O6. The van der Waals surface area contributed by atoms with Gasteiger partial charge in [-0.15, -0.1) is 0 Å². The molecule has 0 saturated heterocycles. The van der Waals surface area contributed by atoms with Crippen molar-refractivity contribution in [2.75, 3.05) is 13.2 Å². The number of hydrogen-bond donors (Lipinski definition) is 0. The van der Waals surface area contributed by atoms with E-state index in [1.165, 1.54) is 167 Å². The molecule has 6 heteroatoms. The number of ether oxygens (including phenoxy) is 3. The lowest BCUT2D eigenvalue weighted by Gasteiger charge is -2.18. The van der Waals surface area contributed by atoms with Gasteiger partial charge in [0.1, 0.15) is 13.2 Å². The maximum absolute atomic E-state index is 12.7. The largest absolute Gasteiger partial charge is 0.462 e. The molecule has 0 unspecified atom stereocenters. The first-order chi connectivity index (χ1) is 27.5. The van der Waals surface area contributed by atoms with Gasteiger partial charge < -0.3 is 14.2 Å². The molecule has 0 aromatic carbocycles. The predicted octanol–water partition coefficient (Wildman–Crippen LogP) is 15.8. The number of rotatable bonds is 45. The van der Waals surface area contributed by atoms with E-state index in [-0.39, 0.29) is 31.1 Å². The number of carbonyl (C=O) groups is 3. The average molecular weight is 791 g/mol. The van der Waals surface area contributed by atoms with E-state index in [0.29, 0.717) is 19.3 Å². The van der Waals surface area contributed by atoms with Gasteiger partial charge in [-0.05, 0) is 44.9 Å². The topological polar surface area (TPSA) is 78.9 Å². The third-order valence-electron chi connectivity index (χ3n) is 11.0. The van der Waals surface area contributed by atoms with Crippen LogP contribution in [0.2, 0.25) is 0 Å². The SMILES string of the molecule is CCCCCCC/C=C\CCCCCCCC(=O)OC[C@@H](COC(=O)CCCCCCCCCCCCCCC)OC(=O)CCCCCCCCCCCCC. The third-order valence-corrected chi connectivity index (χ3v) is 11.0. The second-order valence-electron chi connectivity index (χ2n) is 16.7. The first-order valence-electron chi connectivity index (χ1n) is 24.7. The molecule has 0 aliphatic heterocycles. The van der Waals surface area contributed by atoms with Gasteiger partial charge in [0.05, 0.1) is 0 Å². The van der Waals surface area contributed by atoms with Crippen molar-refractivity contribution in [2.45, 2.75) is 277 Å². The zero-order valence-corrected chi connectivity index (χ0v) is 37.7. The summed E-state index contributed by atoms with van der Waals surface area (Å²) in [6.45, 7) is 6.64. The zero-order valence-electron chi connectivity index (χ0n) is 37.7. The van der Waals surface area contributed by atoms with E-state index in [0.717, 1.165) is 64.2 Å². The minimum atomic E-state index is -0.765. The smallest absolute Gasteiger partial charge is 0.306 e. The fraction of sp³-hybridized carbons (Fsp3) is 0.900. The average Bonchev–Trinajstić information content (AvgIpc) is 3.19. The Bertz CT molecular complexity index is 870. The van der Waals surface area contributed by atoms with Crippen LogP contribution in [0.25, 0.3) is 0 Å². The van der Waals surface area contributed by atoms with Gasteiger partial charge in [0.15, 0.2) is 6.10 Å². The summed E-state index contributed by atoms with van der Waals surface area (Å²) >= 11 is 0. The first kappa shape index (κ1) is 54.2. The summed E-state index contributed by atoms with van der Waals surface area (Å²) in [5.74, 6) is -0.864. The van der Waals surface area contributed by atoms with Crippen molar-refractivity contribution < 1.29 is 28.6 Å². The van der Waals surface area contributed by atoms with Crippen LogP contribution < -0.4 is 0 Å². The fourth-order valence-electron chi connectivity index (χ4n) is 7.26. The quantitative estimate of drug-likeness (QED) is 0.0264. The highest BCUT2D eigenvalue weighted by Crippen LogP contribution is 2.16. The predicted molar refractivity (Wildman–Crippen MR) is 238 cm³/mol. The lowest BCUT2D eigenvalue weighted by Crippen LogP contribution is -2.30. The molecule has 0 aromatic rings. The van der Waals surface area contributed by atoms with Gasteiger partial charge in [0.25, 0.3) is 0 Å². The Labute approximate surface area is 348 Å². The normalized spacial score (nSPS) is 12.0. The molecule has 0 aromatic heterocycles. The number of hydrogen-bond acceptors (Lipinski definition) is 6. The molecule has 0 N–H and O–H groups in total. The zero-order chi connectivity index (χ0) is 40.8. The van der Waals surface area contributed by atoms with E-state index in [9.17, 15) is 14.4 Å². The highest BCUT2D eigenvalue weighted by molar-refractivity contribution is 5.71. The number of allylic oxidation sites excluding steroid dienone is 2. The Morgan fingerprint density at radius 2 is 0.589 bits per heavy atom. The van der Waals surface area contributed by atoms with Crippen LogP contribution in [0.1, 0.15) is 271 Å². The van der Waals surface area contributed by atoms with Crippen molar-refractivity contribution in [3.8, 4) is 0 Å². The molecule has 0 rings (SSSR count). The van der Waals surface area contributed by atoms with Crippen molar-refractivity contribution in [3.05, 3.63) is 12.2 Å². The van der Waals surface area contributed by atoms with Gasteiger partial charge in [0.2, 0.25) is 0 Å². The van der Waals surface area contributed by atoms with Crippen molar-refractivity contribution in [3.63, 3.8) is 0 Å². The minimum Gasteiger partial charge on any atom is -0.462 e. The number of carbonyl (C=O) groups excluding carboxylic acids is 3. The van der Waals surface area contributed by atoms with Gasteiger partial charge in [-0.1, -0.05) is 219 Å². The van der Waals surface area contributed by atoms with Gasteiger partial charge in [-0.3, -0.25) is 14.4 Å². The lowest BCUT2D eigenvalue weighted by molar-refractivity contribution is -0.167. The number of unbranched alkanes of at least 4 members (excludes halogenated alkanes) is 32. The van der Waals surface area contributed by atoms with Crippen LogP contribution in [0.5, 0.6) is 0 Å². The lowest BCUT2D eigenvalue weighted by atomic mass is 10.0. The highest BCUT2D eigenvalue weighted by atomic mass is 16.6. The summed E-state index contributed by atoms with van der Waals surface area (Å²) in [6, 6.07) is 0. The summed E-state index contributed by atoms with van der Waals surface area (Å²) in [4.78, 5) is 37.8. The van der Waals surface area contributed by atoms with Crippen LogP contribution in [0.15, 0.2) is 12.2 Å². The second kappa shape index (κ2) is 45.8. The highest BCUT2D eigenvalue weighted by Gasteiger charge is 2.19. The molecule has 0 bridgehead atoms. The fourth-order valence-corrected chi connectivity index (χ4v) is 7.26. The Morgan fingerprint density at radius 3 is 0.893 bits per heavy atom. The molecule has 0 saturated carbocycles. The Morgan fingerprint density at radius 1 is 0.339 bits per heavy atom. The van der Waals surface area contributed by atoms with Crippen LogP contribution in [0, 0.1) is 0 Å². The molecule has 0 aliphatic rings. The van der Waals surface area contributed by atoms with Crippen molar-refractivity contribution in [1.82, 2.24) is 0 Å². The third kappa shape index (κ3) is 43.3. The Kier molecular flexibility index (Phi) is 44.3. The summed E-state index contributed by atoms with van der Waals surface area (Å²) in [5, 5.41) is 0. The van der Waals surface area contributed by atoms with Crippen molar-refractivity contribution in [1.29, 1.82) is 0 Å². The molecule has 0 fully saturated rings. The summed E-state index contributed by atoms with van der Waals surface area (Å²) in [6.07, 6.45) is 49.0. The molecule has 0 aliphatic carbocycles. The van der Waals surface area contributed by atoms with E-state index in [1.54, 1.807) is 0 Å². The van der Waals surface area contributed by atoms with Crippen LogP contribution in [-0.4, -0.2) is 37.2 Å². The minimum absolute atomic E-state index is 0.0676. The molecule has 330 valence electrons. The molecule has 0 heterocycles. The number of esters is 3.